The number of carbonyl (C=O) groups is 1. The minimum atomic E-state index is -0.973. The third kappa shape index (κ3) is 2.87. The zero-order valence-corrected chi connectivity index (χ0v) is 10.7. The van der Waals surface area contributed by atoms with Crippen LogP contribution in [0, 0.1) is 6.92 Å². The Hall–Kier alpha value is -1.88. The molecule has 0 saturated heterocycles. The van der Waals surface area contributed by atoms with Crippen LogP contribution in [-0.4, -0.2) is 11.1 Å². The Bertz CT molecular complexity index is 577. The van der Waals surface area contributed by atoms with E-state index in [9.17, 15) is 4.79 Å². The molecule has 5 heteroatoms. The number of aromatic carboxylic acids is 1. The quantitative estimate of drug-likeness (QED) is 0.654. The molecule has 0 aliphatic heterocycles. The second kappa shape index (κ2) is 5.18. The summed E-state index contributed by atoms with van der Waals surface area (Å²) in [6, 6.07) is 7.26. The van der Waals surface area contributed by atoms with Gasteiger partial charge in [-0.1, -0.05) is 0 Å². The molecule has 2 aromatic rings. The first-order valence-corrected chi connectivity index (χ1v) is 6.34. The van der Waals surface area contributed by atoms with E-state index in [0.717, 1.165) is 16.1 Å². The molecule has 3 N–H and O–H groups in total. The number of anilines is 1. The summed E-state index contributed by atoms with van der Waals surface area (Å²) in [6.45, 7) is 1.99. The molecule has 0 bridgehead atoms. The van der Waals surface area contributed by atoms with Crippen LogP contribution in [0.3, 0.4) is 0 Å². The Morgan fingerprint density at radius 3 is 2.83 bits per heavy atom. The van der Waals surface area contributed by atoms with Gasteiger partial charge in [-0.2, -0.15) is 0 Å². The molecule has 0 saturated carbocycles. The summed E-state index contributed by atoms with van der Waals surface area (Å²) >= 11 is 1.59. The van der Waals surface area contributed by atoms with Crippen LogP contribution >= 0.6 is 11.8 Å². The standard InChI is InChI=1S/C13H13NO3S/c1-8-4-10(14)2-3-12(8)18-7-11-5-9(6-17-11)13(15)16/h2-6H,7,14H2,1H3,(H,15,16). The maximum absolute atomic E-state index is 10.7. The smallest absolute Gasteiger partial charge is 0.338 e. The van der Waals surface area contributed by atoms with Gasteiger partial charge in [-0.05, 0) is 36.8 Å². The summed E-state index contributed by atoms with van der Waals surface area (Å²) < 4.78 is 5.18. The number of hydrogen-bond donors (Lipinski definition) is 2. The number of aryl methyl sites for hydroxylation is 1. The monoisotopic (exact) mass is 263 g/mol. The number of thioether (sulfide) groups is 1. The number of carboxylic acids is 1. The van der Waals surface area contributed by atoms with E-state index in [4.69, 9.17) is 15.3 Å². The molecular formula is C13H13NO3S. The second-order valence-corrected chi connectivity index (χ2v) is 4.94. The van der Waals surface area contributed by atoms with Crippen molar-refractivity contribution in [2.45, 2.75) is 17.6 Å². The van der Waals surface area contributed by atoms with Crippen molar-refractivity contribution < 1.29 is 14.3 Å². The summed E-state index contributed by atoms with van der Waals surface area (Å²) in [7, 11) is 0. The summed E-state index contributed by atoms with van der Waals surface area (Å²) in [6.07, 6.45) is 1.26. The van der Waals surface area contributed by atoms with Gasteiger partial charge < -0.3 is 15.3 Å². The minimum Gasteiger partial charge on any atom is -0.478 e. The van der Waals surface area contributed by atoms with Crippen LogP contribution < -0.4 is 5.73 Å². The topological polar surface area (TPSA) is 76.5 Å². The zero-order chi connectivity index (χ0) is 13.1. The van der Waals surface area contributed by atoms with Crippen LogP contribution in [0.15, 0.2) is 39.8 Å². The molecule has 18 heavy (non-hydrogen) atoms. The first-order chi connectivity index (χ1) is 8.56. The SMILES string of the molecule is Cc1cc(N)ccc1SCc1cc(C(=O)O)co1. The molecule has 0 atom stereocenters. The number of nitrogen functional groups attached to an aromatic ring is 1. The Balaban J connectivity index is 2.04. The van der Waals surface area contributed by atoms with Gasteiger partial charge in [0.1, 0.15) is 12.0 Å². The van der Waals surface area contributed by atoms with Gasteiger partial charge >= 0.3 is 5.97 Å². The van der Waals surface area contributed by atoms with Crippen LogP contribution in [0.2, 0.25) is 0 Å². The number of hydrogen-bond acceptors (Lipinski definition) is 4. The van der Waals surface area contributed by atoms with Crippen LogP contribution in [0.5, 0.6) is 0 Å². The van der Waals surface area contributed by atoms with Gasteiger partial charge in [-0.25, -0.2) is 4.79 Å². The number of nitrogens with two attached hydrogens (primary N) is 1. The molecule has 0 radical (unpaired) electrons. The van der Waals surface area contributed by atoms with Gasteiger partial charge in [0.15, 0.2) is 0 Å². The molecule has 1 heterocycles. The summed E-state index contributed by atoms with van der Waals surface area (Å²) in [4.78, 5) is 11.8. The van der Waals surface area contributed by atoms with Crippen molar-refractivity contribution >= 4 is 23.4 Å². The van der Waals surface area contributed by atoms with Crippen molar-refractivity contribution in [1.82, 2.24) is 0 Å². The van der Waals surface area contributed by atoms with E-state index in [0.29, 0.717) is 11.5 Å². The van der Waals surface area contributed by atoms with Crippen LogP contribution in [0.4, 0.5) is 5.69 Å². The normalized spacial score (nSPS) is 10.5. The number of carboxylic acid groups (broad SMARTS) is 1. The summed E-state index contributed by atoms with van der Waals surface area (Å²) in [5.41, 5.74) is 7.70. The van der Waals surface area contributed by atoms with Crippen molar-refractivity contribution in [3.05, 3.63) is 47.4 Å². The molecule has 0 spiro atoms. The predicted octanol–water partition coefficient (Wildman–Crippen LogP) is 3.16. The number of benzene rings is 1. The van der Waals surface area contributed by atoms with Gasteiger partial charge in [0.2, 0.25) is 0 Å². The molecule has 0 amide bonds. The predicted molar refractivity (Wildman–Crippen MR) is 70.8 cm³/mol. The first-order valence-electron chi connectivity index (χ1n) is 5.36. The first kappa shape index (κ1) is 12.6. The fourth-order valence-corrected chi connectivity index (χ4v) is 2.45. The highest BCUT2D eigenvalue weighted by Crippen LogP contribution is 2.27. The van der Waals surface area contributed by atoms with E-state index in [1.54, 1.807) is 17.8 Å². The van der Waals surface area contributed by atoms with Gasteiger partial charge in [0.05, 0.1) is 11.3 Å². The highest BCUT2D eigenvalue weighted by molar-refractivity contribution is 7.98. The van der Waals surface area contributed by atoms with E-state index < -0.39 is 5.97 Å². The van der Waals surface area contributed by atoms with Crippen molar-refractivity contribution in [2.24, 2.45) is 0 Å². The Morgan fingerprint density at radius 2 is 2.22 bits per heavy atom. The lowest BCUT2D eigenvalue weighted by Crippen LogP contribution is -1.91. The highest BCUT2D eigenvalue weighted by Gasteiger charge is 2.09. The Labute approximate surface area is 109 Å². The molecule has 4 nitrogen and oxygen atoms in total. The minimum absolute atomic E-state index is 0.180. The number of rotatable bonds is 4. The maximum Gasteiger partial charge on any atom is 0.338 e. The van der Waals surface area contributed by atoms with Gasteiger partial charge in [0.25, 0.3) is 0 Å². The van der Waals surface area contributed by atoms with Gasteiger partial charge in [0, 0.05) is 10.6 Å². The van der Waals surface area contributed by atoms with E-state index in [2.05, 4.69) is 0 Å². The average Bonchev–Trinajstić information content (AvgIpc) is 2.76. The van der Waals surface area contributed by atoms with Crippen LogP contribution in [0.25, 0.3) is 0 Å². The van der Waals surface area contributed by atoms with Crippen molar-refractivity contribution in [2.75, 3.05) is 5.73 Å². The molecule has 2 rings (SSSR count). The lowest BCUT2D eigenvalue weighted by Gasteiger charge is -2.04. The van der Waals surface area contributed by atoms with Crippen molar-refractivity contribution in [3.8, 4) is 0 Å². The zero-order valence-electron chi connectivity index (χ0n) is 9.84. The van der Waals surface area contributed by atoms with Gasteiger partial charge in [-0.3, -0.25) is 0 Å². The molecule has 0 unspecified atom stereocenters. The summed E-state index contributed by atoms with van der Waals surface area (Å²) in [5, 5.41) is 8.78. The van der Waals surface area contributed by atoms with E-state index in [1.807, 2.05) is 25.1 Å². The van der Waals surface area contributed by atoms with Gasteiger partial charge in [-0.15, -0.1) is 11.8 Å². The number of furan rings is 1. The Morgan fingerprint density at radius 1 is 1.44 bits per heavy atom. The lowest BCUT2D eigenvalue weighted by molar-refractivity contribution is 0.0696. The summed E-state index contributed by atoms with van der Waals surface area (Å²) in [5.74, 6) is 0.269. The van der Waals surface area contributed by atoms with Crippen molar-refractivity contribution in [1.29, 1.82) is 0 Å². The molecule has 94 valence electrons. The van der Waals surface area contributed by atoms with E-state index >= 15 is 0 Å². The average molecular weight is 263 g/mol. The molecule has 0 aliphatic rings. The molecule has 1 aromatic carbocycles. The third-order valence-electron chi connectivity index (χ3n) is 2.47. The third-order valence-corrected chi connectivity index (χ3v) is 3.67. The molecule has 1 aromatic heterocycles. The van der Waals surface area contributed by atoms with E-state index in [1.165, 1.54) is 6.26 Å². The Kier molecular flexibility index (Phi) is 3.62. The van der Waals surface area contributed by atoms with E-state index in [-0.39, 0.29) is 5.56 Å². The van der Waals surface area contributed by atoms with Crippen LogP contribution in [-0.2, 0) is 5.75 Å². The van der Waals surface area contributed by atoms with Crippen LogP contribution in [0.1, 0.15) is 21.7 Å². The molecule has 0 fully saturated rings. The second-order valence-electron chi connectivity index (χ2n) is 3.92. The maximum atomic E-state index is 10.7. The van der Waals surface area contributed by atoms with Crippen molar-refractivity contribution in [3.63, 3.8) is 0 Å². The molecular weight excluding hydrogens is 250 g/mol. The fraction of sp³-hybridized carbons (Fsp3) is 0.154. The fourth-order valence-electron chi connectivity index (χ4n) is 1.55. The largest absolute Gasteiger partial charge is 0.478 e. The lowest BCUT2D eigenvalue weighted by atomic mass is 10.2. The molecule has 0 aliphatic carbocycles. The highest BCUT2D eigenvalue weighted by atomic mass is 32.2.